The molecule has 2 aromatic carbocycles. The van der Waals surface area contributed by atoms with Crippen molar-refractivity contribution in [1.82, 2.24) is 9.88 Å². The van der Waals surface area contributed by atoms with Crippen molar-refractivity contribution in [3.05, 3.63) is 78.0 Å². The molecule has 0 radical (unpaired) electrons. The van der Waals surface area contributed by atoms with Crippen LogP contribution in [0.4, 0.5) is 5.69 Å². The third-order valence-electron chi connectivity index (χ3n) is 6.03. The largest absolute Gasteiger partial charge is 0.493 e. The Bertz CT molecular complexity index is 1260. The van der Waals surface area contributed by atoms with Crippen LogP contribution in [0.25, 0.3) is 0 Å². The van der Waals surface area contributed by atoms with Gasteiger partial charge in [-0.3, -0.25) is 9.59 Å². The first-order valence-electron chi connectivity index (χ1n) is 11.9. The first-order chi connectivity index (χ1) is 17.5. The van der Waals surface area contributed by atoms with E-state index >= 15 is 0 Å². The van der Waals surface area contributed by atoms with Gasteiger partial charge in [0.25, 0.3) is 0 Å². The Labute approximate surface area is 210 Å². The first-order valence-corrected chi connectivity index (χ1v) is 11.9. The highest BCUT2D eigenvalue weighted by Crippen LogP contribution is 2.28. The molecule has 4 rings (SSSR count). The number of amides is 2. The molecule has 1 saturated heterocycles. The molecule has 8 heteroatoms. The molecule has 0 spiro atoms. The second-order valence-electron chi connectivity index (χ2n) is 8.63. The number of aryl methyl sites for hydroxylation is 1. The highest BCUT2D eigenvalue weighted by Gasteiger charge is 2.28. The maximum Gasteiger partial charge on any atom is 0.237 e. The summed E-state index contributed by atoms with van der Waals surface area (Å²) in [6.45, 7) is 3.22. The van der Waals surface area contributed by atoms with Gasteiger partial charge in [0.1, 0.15) is 23.1 Å². The number of ether oxygens (including phenoxy) is 2. The van der Waals surface area contributed by atoms with Gasteiger partial charge in [0.05, 0.1) is 18.9 Å². The predicted octanol–water partition coefficient (Wildman–Crippen LogP) is 4.70. The lowest BCUT2D eigenvalue weighted by molar-refractivity contribution is -0.135. The van der Waals surface area contributed by atoms with Crippen molar-refractivity contribution < 1.29 is 19.1 Å². The van der Waals surface area contributed by atoms with Crippen molar-refractivity contribution in [2.75, 3.05) is 25.0 Å². The topological polar surface area (TPSA) is 105 Å². The molecule has 3 aromatic rings. The summed E-state index contributed by atoms with van der Waals surface area (Å²) in [5, 5.41) is 12.2. The van der Waals surface area contributed by atoms with Gasteiger partial charge in [-0.05, 0) is 67.8 Å². The Morgan fingerprint density at radius 3 is 2.75 bits per heavy atom. The third kappa shape index (κ3) is 6.39. The van der Waals surface area contributed by atoms with E-state index in [9.17, 15) is 14.9 Å². The van der Waals surface area contributed by atoms with Gasteiger partial charge in [0.2, 0.25) is 17.7 Å². The second-order valence-corrected chi connectivity index (χ2v) is 8.63. The summed E-state index contributed by atoms with van der Waals surface area (Å²) in [7, 11) is 0. The number of likely N-dealkylation sites (tertiary alicyclic amines) is 1. The zero-order chi connectivity index (χ0) is 25.3. The molecule has 1 aromatic heterocycles. The molecule has 0 saturated carbocycles. The number of carbonyl (C=O) groups excluding carboxylic acids is 2. The molecule has 0 aliphatic carbocycles. The zero-order valence-electron chi connectivity index (χ0n) is 20.1. The van der Waals surface area contributed by atoms with Crippen molar-refractivity contribution in [1.29, 1.82) is 5.26 Å². The molecular formula is C28H28N4O4. The number of anilines is 1. The smallest absolute Gasteiger partial charge is 0.237 e. The Morgan fingerprint density at radius 2 is 1.97 bits per heavy atom. The van der Waals surface area contributed by atoms with Crippen molar-refractivity contribution in [3.8, 4) is 23.4 Å². The fraction of sp³-hybridized carbons (Fsp3) is 0.286. The van der Waals surface area contributed by atoms with Gasteiger partial charge in [-0.25, -0.2) is 4.98 Å². The normalized spacial score (nSPS) is 15.0. The van der Waals surface area contributed by atoms with Crippen LogP contribution in [-0.4, -0.2) is 41.4 Å². The van der Waals surface area contributed by atoms with Gasteiger partial charge in [0, 0.05) is 25.0 Å². The van der Waals surface area contributed by atoms with Crippen molar-refractivity contribution in [3.63, 3.8) is 0 Å². The van der Waals surface area contributed by atoms with E-state index < -0.39 is 0 Å². The van der Waals surface area contributed by atoms with Crippen molar-refractivity contribution in [2.24, 2.45) is 5.92 Å². The van der Waals surface area contributed by atoms with Crippen LogP contribution in [-0.2, 0) is 9.59 Å². The van der Waals surface area contributed by atoms with Crippen LogP contribution in [0.2, 0.25) is 0 Å². The fourth-order valence-corrected chi connectivity index (χ4v) is 4.09. The molecule has 1 fully saturated rings. The standard InChI is InChI=1S/C28H28N4O4/c1-20-17-24(36-28-21(18-29)7-5-14-30-28)11-12-25(20)31-27(34)22-8-6-15-32(19-22)26(33)13-16-35-23-9-3-2-4-10-23/h2-5,7,9-12,14,17,22H,6,8,13,15-16,19H2,1H3,(H,31,34). The molecule has 1 N–H and O–H groups in total. The lowest BCUT2D eigenvalue weighted by atomic mass is 9.96. The molecule has 8 nitrogen and oxygen atoms in total. The van der Waals surface area contributed by atoms with Crippen LogP contribution in [0.15, 0.2) is 66.9 Å². The van der Waals surface area contributed by atoms with Crippen LogP contribution < -0.4 is 14.8 Å². The number of nitrogens with zero attached hydrogens (tertiary/aromatic N) is 3. The van der Waals surface area contributed by atoms with Gasteiger partial charge < -0.3 is 19.7 Å². The Hall–Kier alpha value is -4.38. The minimum atomic E-state index is -0.278. The maximum absolute atomic E-state index is 13.0. The van der Waals surface area contributed by atoms with E-state index in [2.05, 4.69) is 16.4 Å². The average Bonchev–Trinajstić information content (AvgIpc) is 2.91. The summed E-state index contributed by atoms with van der Waals surface area (Å²) in [6, 6.07) is 20.0. The number of carbonyl (C=O) groups is 2. The number of hydrogen-bond acceptors (Lipinski definition) is 6. The molecule has 36 heavy (non-hydrogen) atoms. The molecule has 1 atom stereocenters. The third-order valence-corrected chi connectivity index (χ3v) is 6.03. The molecule has 1 aliphatic rings. The Balaban J connectivity index is 1.30. The second kappa shape index (κ2) is 11.8. The molecule has 184 valence electrons. The summed E-state index contributed by atoms with van der Waals surface area (Å²) in [6.07, 6.45) is 3.34. The van der Waals surface area contributed by atoms with E-state index in [1.54, 1.807) is 41.4 Å². The first kappa shape index (κ1) is 24.7. The molecule has 1 aliphatic heterocycles. The quantitative estimate of drug-likeness (QED) is 0.497. The number of benzene rings is 2. The van der Waals surface area contributed by atoms with Crippen molar-refractivity contribution in [2.45, 2.75) is 26.2 Å². The monoisotopic (exact) mass is 484 g/mol. The number of rotatable bonds is 8. The van der Waals surface area contributed by atoms with E-state index in [0.29, 0.717) is 36.7 Å². The summed E-state index contributed by atoms with van der Waals surface area (Å²) < 4.78 is 11.4. The highest BCUT2D eigenvalue weighted by atomic mass is 16.5. The molecule has 2 amide bonds. The van der Waals surface area contributed by atoms with E-state index in [-0.39, 0.29) is 30.0 Å². The summed E-state index contributed by atoms with van der Waals surface area (Å²) in [4.78, 5) is 31.5. The van der Waals surface area contributed by atoms with Crippen molar-refractivity contribution >= 4 is 17.5 Å². The predicted molar refractivity (Wildman–Crippen MR) is 135 cm³/mol. The van der Waals surface area contributed by atoms with Gasteiger partial charge in [-0.1, -0.05) is 18.2 Å². The number of hydrogen-bond donors (Lipinski definition) is 1. The minimum Gasteiger partial charge on any atom is -0.493 e. The van der Waals surface area contributed by atoms with Crippen LogP contribution in [0.5, 0.6) is 17.4 Å². The van der Waals surface area contributed by atoms with Gasteiger partial charge >= 0.3 is 0 Å². The lowest BCUT2D eigenvalue weighted by Gasteiger charge is -2.32. The van der Waals surface area contributed by atoms with Crippen LogP contribution >= 0.6 is 0 Å². The molecule has 2 heterocycles. The Kier molecular flexibility index (Phi) is 8.14. The van der Waals surface area contributed by atoms with Crippen LogP contribution in [0, 0.1) is 24.2 Å². The van der Waals surface area contributed by atoms with Gasteiger partial charge in [-0.15, -0.1) is 0 Å². The molecule has 1 unspecified atom stereocenters. The van der Waals surface area contributed by atoms with Crippen LogP contribution in [0.3, 0.4) is 0 Å². The minimum absolute atomic E-state index is 0.00706. The number of piperidine rings is 1. The van der Waals surface area contributed by atoms with E-state index in [4.69, 9.17) is 9.47 Å². The Morgan fingerprint density at radius 1 is 1.14 bits per heavy atom. The van der Waals surface area contributed by atoms with E-state index in [0.717, 1.165) is 24.2 Å². The van der Waals surface area contributed by atoms with E-state index in [1.165, 1.54) is 0 Å². The number of pyridine rings is 1. The lowest BCUT2D eigenvalue weighted by Crippen LogP contribution is -2.44. The highest BCUT2D eigenvalue weighted by molar-refractivity contribution is 5.94. The molecular weight excluding hydrogens is 456 g/mol. The maximum atomic E-state index is 13.0. The van der Waals surface area contributed by atoms with E-state index in [1.807, 2.05) is 37.3 Å². The zero-order valence-corrected chi connectivity index (χ0v) is 20.1. The number of para-hydroxylation sites is 1. The molecule has 0 bridgehead atoms. The summed E-state index contributed by atoms with van der Waals surface area (Å²) in [5.41, 5.74) is 1.83. The summed E-state index contributed by atoms with van der Waals surface area (Å²) in [5.74, 6) is 1.09. The van der Waals surface area contributed by atoms with Crippen LogP contribution in [0.1, 0.15) is 30.4 Å². The number of nitrogens with one attached hydrogen (secondary N) is 1. The fourth-order valence-electron chi connectivity index (χ4n) is 4.09. The number of nitriles is 1. The summed E-state index contributed by atoms with van der Waals surface area (Å²) >= 11 is 0. The number of aromatic nitrogens is 1. The van der Waals surface area contributed by atoms with Gasteiger partial charge in [0.15, 0.2) is 0 Å². The SMILES string of the molecule is Cc1cc(Oc2ncccc2C#N)ccc1NC(=O)C1CCCN(C(=O)CCOc2ccccc2)C1. The average molecular weight is 485 g/mol. The van der Waals surface area contributed by atoms with Gasteiger partial charge in [-0.2, -0.15) is 5.26 Å².